The van der Waals surface area contributed by atoms with E-state index in [-0.39, 0.29) is 0 Å². The summed E-state index contributed by atoms with van der Waals surface area (Å²) in [6, 6.07) is 8.82. The Labute approximate surface area is 168 Å². The lowest BCUT2D eigenvalue weighted by Crippen LogP contribution is -2.21. The van der Waals surface area contributed by atoms with Crippen molar-refractivity contribution >= 4 is 27.9 Å². The molecule has 0 heterocycles. The van der Waals surface area contributed by atoms with E-state index in [0.29, 0.717) is 0 Å². The van der Waals surface area contributed by atoms with Gasteiger partial charge in [0, 0.05) is 30.9 Å². The first-order valence-corrected chi connectivity index (χ1v) is 10.8. The Morgan fingerprint density at radius 2 is 1.43 bits per heavy atom. The van der Waals surface area contributed by atoms with Crippen LogP contribution < -0.4 is 4.90 Å². The molecule has 1 N–H and O–H groups in total. The van der Waals surface area contributed by atoms with Gasteiger partial charge in [0.15, 0.2) is 5.71 Å². The van der Waals surface area contributed by atoms with E-state index in [9.17, 15) is 0 Å². The fraction of sp³-hybridized carbons (Fsp3) is 0.381. The Balaban J connectivity index is 0.000000696. The predicted molar refractivity (Wildman–Crippen MR) is 115 cm³/mol. The van der Waals surface area contributed by atoms with Crippen molar-refractivity contribution in [1.29, 1.82) is 0 Å². The molecule has 7 heteroatoms. The molecule has 1 aromatic rings. The maximum absolute atomic E-state index is 8.63. The van der Waals surface area contributed by atoms with Gasteiger partial charge in [-0.15, -0.1) is 0 Å². The van der Waals surface area contributed by atoms with Crippen molar-refractivity contribution in [2.45, 2.75) is 27.7 Å². The zero-order valence-electron chi connectivity index (χ0n) is 17.0. The van der Waals surface area contributed by atoms with Gasteiger partial charge in [-0.2, -0.15) is 0 Å². The van der Waals surface area contributed by atoms with Crippen LogP contribution in [0.25, 0.3) is 6.08 Å². The van der Waals surface area contributed by atoms with Crippen molar-refractivity contribution in [3.63, 3.8) is 0 Å². The second-order valence-electron chi connectivity index (χ2n) is 6.10. The molecule has 2 rings (SSSR count). The fourth-order valence-corrected chi connectivity index (χ4v) is 2.93. The van der Waals surface area contributed by atoms with Gasteiger partial charge in [-0.1, -0.05) is 12.1 Å². The number of anilines is 1. The van der Waals surface area contributed by atoms with Gasteiger partial charge >= 0.3 is 0 Å². The van der Waals surface area contributed by atoms with Crippen molar-refractivity contribution < 1.29 is 22.1 Å². The monoisotopic (exact) mass is 406 g/mol. The van der Waals surface area contributed by atoms with E-state index in [1.807, 2.05) is 0 Å². The first-order valence-electron chi connectivity index (χ1n) is 9.44. The van der Waals surface area contributed by atoms with Gasteiger partial charge in [-0.05, 0) is 69.2 Å². The molecule has 0 aromatic heterocycles. The van der Waals surface area contributed by atoms with Crippen LogP contribution in [0, 0.1) is 0 Å². The van der Waals surface area contributed by atoms with Crippen LogP contribution >= 0.6 is 0 Å². The third-order valence-corrected chi connectivity index (χ3v) is 4.38. The highest BCUT2D eigenvalue weighted by atomic mass is 32.3. The lowest BCUT2D eigenvalue weighted by atomic mass is 10.0. The van der Waals surface area contributed by atoms with Crippen molar-refractivity contribution in [1.82, 2.24) is 0 Å². The minimum atomic E-state index is -4.92. The van der Waals surface area contributed by atoms with E-state index in [1.165, 1.54) is 22.5 Å². The molecule has 0 bridgehead atoms. The first kappa shape index (κ1) is 23.8. The molecule has 1 aliphatic rings. The van der Waals surface area contributed by atoms with E-state index >= 15 is 0 Å². The SMILES string of the molecule is CCN(CC)c1ccc(C=C2C=CC(=[N+](CC)CC)C=C2)cc1.O=S(=O)([O-])O. The van der Waals surface area contributed by atoms with Gasteiger partial charge < -0.3 is 9.45 Å². The molecule has 0 saturated heterocycles. The highest BCUT2D eigenvalue weighted by Crippen LogP contribution is 2.18. The van der Waals surface area contributed by atoms with Gasteiger partial charge in [0.05, 0.1) is 0 Å². The first-order chi connectivity index (χ1) is 13.2. The molecule has 0 radical (unpaired) electrons. The van der Waals surface area contributed by atoms with Crippen LogP contribution in [0.3, 0.4) is 0 Å². The molecule has 154 valence electrons. The quantitative estimate of drug-likeness (QED) is 0.444. The summed E-state index contributed by atoms with van der Waals surface area (Å²) in [5, 5.41) is 0. The minimum Gasteiger partial charge on any atom is -0.726 e. The van der Waals surface area contributed by atoms with Gasteiger partial charge in [-0.3, -0.25) is 4.55 Å². The van der Waals surface area contributed by atoms with Crippen LogP contribution in [0.2, 0.25) is 0 Å². The summed E-state index contributed by atoms with van der Waals surface area (Å²) >= 11 is 0. The Hall–Kier alpha value is -2.22. The van der Waals surface area contributed by atoms with Gasteiger partial charge in [0.25, 0.3) is 0 Å². The van der Waals surface area contributed by atoms with Crippen LogP contribution in [0.1, 0.15) is 33.3 Å². The number of rotatable bonds is 6. The standard InChI is InChI=1S/C21H29N2.H2O4S/c1-5-22(6-2)20-13-9-18(10-14-20)17-19-11-15-21(16-12-19)23(7-3)8-4;1-5(2,3)4/h9-17H,5-8H2,1-4H3;(H2,1,2,3,4)/q+1;/p-1. The summed E-state index contributed by atoms with van der Waals surface area (Å²) in [5.74, 6) is 0. The second kappa shape index (κ2) is 11.6. The van der Waals surface area contributed by atoms with E-state index in [0.717, 1.165) is 26.2 Å². The molecule has 0 fully saturated rings. The van der Waals surface area contributed by atoms with Gasteiger partial charge in [0.1, 0.15) is 13.1 Å². The number of hydrogen-bond donors (Lipinski definition) is 1. The maximum Gasteiger partial charge on any atom is 0.215 e. The zero-order chi connectivity index (χ0) is 21.2. The molecule has 1 aliphatic carbocycles. The number of benzene rings is 1. The molecule has 28 heavy (non-hydrogen) atoms. The lowest BCUT2D eigenvalue weighted by Gasteiger charge is -2.20. The molecule has 0 unspecified atom stereocenters. The summed E-state index contributed by atoms with van der Waals surface area (Å²) < 4.78 is 35.2. The van der Waals surface area contributed by atoms with Crippen molar-refractivity contribution in [2.24, 2.45) is 0 Å². The van der Waals surface area contributed by atoms with E-state index in [2.05, 4.69) is 91.8 Å². The Morgan fingerprint density at radius 3 is 1.82 bits per heavy atom. The number of nitrogens with zero attached hydrogens (tertiary/aromatic N) is 2. The third kappa shape index (κ3) is 8.65. The molecule has 6 nitrogen and oxygen atoms in total. The smallest absolute Gasteiger partial charge is 0.215 e. The second-order valence-corrected chi connectivity index (χ2v) is 6.96. The van der Waals surface area contributed by atoms with Crippen LogP contribution in [0.4, 0.5) is 5.69 Å². The summed E-state index contributed by atoms with van der Waals surface area (Å²) in [6.45, 7) is 13.0. The summed E-state index contributed by atoms with van der Waals surface area (Å²) in [5.41, 5.74) is 5.08. The highest BCUT2D eigenvalue weighted by molar-refractivity contribution is 7.79. The molecule has 0 saturated carbocycles. The maximum atomic E-state index is 8.63. The average molecular weight is 407 g/mol. The topological polar surface area (TPSA) is 83.7 Å². The van der Waals surface area contributed by atoms with E-state index in [4.69, 9.17) is 17.5 Å². The molecule has 0 atom stereocenters. The normalized spacial score (nSPS) is 13.1. The molecule has 1 aromatic carbocycles. The Kier molecular flexibility index (Phi) is 9.85. The number of allylic oxidation sites excluding steroid dienone is 5. The van der Waals surface area contributed by atoms with Gasteiger partial charge in [0.2, 0.25) is 10.4 Å². The van der Waals surface area contributed by atoms with Crippen molar-refractivity contribution in [3.8, 4) is 0 Å². The van der Waals surface area contributed by atoms with Crippen LogP contribution in [-0.2, 0) is 10.4 Å². The molecular formula is C21H30N2O4S. The lowest BCUT2D eigenvalue weighted by molar-refractivity contribution is -0.519. The minimum absolute atomic E-state index is 1.05. The Morgan fingerprint density at radius 1 is 0.964 bits per heavy atom. The fourth-order valence-electron chi connectivity index (χ4n) is 2.93. The van der Waals surface area contributed by atoms with Crippen LogP contribution in [-0.4, -0.2) is 54.0 Å². The molecule has 0 aliphatic heterocycles. The highest BCUT2D eigenvalue weighted by Gasteiger charge is 2.08. The largest absolute Gasteiger partial charge is 0.726 e. The van der Waals surface area contributed by atoms with Gasteiger partial charge in [-0.25, -0.2) is 13.0 Å². The summed E-state index contributed by atoms with van der Waals surface area (Å²) in [4.78, 5) is 2.36. The van der Waals surface area contributed by atoms with Crippen molar-refractivity contribution in [2.75, 3.05) is 31.1 Å². The molecule has 0 amide bonds. The number of hydrogen-bond acceptors (Lipinski definition) is 4. The predicted octanol–water partition coefficient (Wildman–Crippen LogP) is 3.54. The van der Waals surface area contributed by atoms with Crippen molar-refractivity contribution in [3.05, 3.63) is 59.7 Å². The zero-order valence-corrected chi connectivity index (χ0v) is 17.8. The third-order valence-electron chi connectivity index (χ3n) is 4.38. The average Bonchev–Trinajstić information content (AvgIpc) is 2.65. The molecular weight excluding hydrogens is 376 g/mol. The summed E-state index contributed by atoms with van der Waals surface area (Å²) in [6.07, 6.45) is 11.1. The van der Waals surface area contributed by atoms with E-state index in [1.54, 1.807) is 0 Å². The summed E-state index contributed by atoms with van der Waals surface area (Å²) in [7, 11) is -4.92. The van der Waals surface area contributed by atoms with Crippen LogP contribution in [0.15, 0.2) is 54.1 Å². The Bertz CT molecular complexity index is 815. The van der Waals surface area contributed by atoms with E-state index < -0.39 is 10.4 Å². The van der Waals surface area contributed by atoms with Crippen LogP contribution in [0.5, 0.6) is 0 Å². The molecule has 0 spiro atoms.